The van der Waals surface area contributed by atoms with Gasteiger partial charge in [-0.15, -0.1) is 0 Å². The van der Waals surface area contributed by atoms with Crippen molar-refractivity contribution in [2.75, 3.05) is 19.7 Å². The lowest BCUT2D eigenvalue weighted by atomic mass is 9.98. The van der Waals surface area contributed by atoms with Gasteiger partial charge in [-0.25, -0.2) is 8.42 Å². The van der Waals surface area contributed by atoms with Crippen LogP contribution in [0.1, 0.15) is 25.3 Å². The lowest BCUT2D eigenvalue weighted by Gasteiger charge is -2.30. The molecule has 0 aliphatic carbocycles. The molecule has 0 radical (unpaired) electrons. The van der Waals surface area contributed by atoms with Gasteiger partial charge in [0, 0.05) is 13.1 Å². The van der Waals surface area contributed by atoms with Crippen molar-refractivity contribution in [3.8, 4) is 6.07 Å². The van der Waals surface area contributed by atoms with E-state index < -0.39 is 10.0 Å². The number of rotatable bonds is 4. The van der Waals surface area contributed by atoms with Crippen LogP contribution in [0, 0.1) is 17.2 Å². The molecule has 1 heterocycles. The van der Waals surface area contributed by atoms with Gasteiger partial charge in [0.15, 0.2) is 0 Å². The fourth-order valence-electron chi connectivity index (χ4n) is 2.49. The Morgan fingerprint density at radius 2 is 2.09 bits per heavy atom. The van der Waals surface area contributed by atoms with Crippen molar-refractivity contribution in [2.45, 2.75) is 24.7 Å². The van der Waals surface area contributed by atoms with Crippen LogP contribution in [0.25, 0.3) is 0 Å². The zero-order valence-electron chi connectivity index (χ0n) is 12.7. The second-order valence-corrected chi connectivity index (χ2v) is 7.53. The quantitative estimate of drug-likeness (QED) is 0.771. The summed E-state index contributed by atoms with van der Waals surface area (Å²) in [5, 5.41) is 8.95. The second kappa shape index (κ2) is 7.30. The second-order valence-electron chi connectivity index (χ2n) is 5.18. The zero-order chi connectivity index (χ0) is 17.0. The van der Waals surface area contributed by atoms with E-state index in [1.807, 2.05) is 6.07 Å². The molecule has 124 valence electrons. The molecule has 1 fully saturated rings. The largest absolute Gasteiger partial charge is 0.466 e. The van der Waals surface area contributed by atoms with Crippen LogP contribution in [0.5, 0.6) is 0 Å². The Labute approximate surface area is 140 Å². The van der Waals surface area contributed by atoms with E-state index in [-0.39, 0.29) is 40.5 Å². The van der Waals surface area contributed by atoms with Gasteiger partial charge in [-0.05, 0) is 38.0 Å². The Kier molecular flexibility index (Phi) is 5.63. The molecule has 0 N–H and O–H groups in total. The van der Waals surface area contributed by atoms with Crippen molar-refractivity contribution in [3.63, 3.8) is 0 Å². The third kappa shape index (κ3) is 3.83. The average Bonchev–Trinajstić information content (AvgIpc) is 2.55. The molecule has 0 amide bonds. The van der Waals surface area contributed by atoms with Crippen LogP contribution >= 0.6 is 11.6 Å². The molecule has 1 aliphatic heterocycles. The number of hydrogen-bond donors (Lipinski definition) is 0. The van der Waals surface area contributed by atoms with Crippen molar-refractivity contribution >= 4 is 27.6 Å². The normalized spacial score (nSPS) is 16.7. The molecule has 0 aromatic heterocycles. The Morgan fingerprint density at radius 3 is 2.61 bits per heavy atom. The SMILES string of the molecule is CCOC(=O)C1CCN(S(=O)(=O)c2ccc(C#N)c(Cl)c2)CC1. The number of piperidine rings is 1. The first kappa shape index (κ1) is 17.7. The van der Waals surface area contributed by atoms with E-state index in [1.165, 1.54) is 22.5 Å². The van der Waals surface area contributed by atoms with Gasteiger partial charge >= 0.3 is 5.97 Å². The van der Waals surface area contributed by atoms with E-state index in [0.29, 0.717) is 19.4 Å². The van der Waals surface area contributed by atoms with Crippen molar-refractivity contribution < 1.29 is 17.9 Å². The number of benzene rings is 1. The predicted molar refractivity (Wildman–Crippen MR) is 84.3 cm³/mol. The van der Waals surface area contributed by atoms with E-state index in [2.05, 4.69) is 0 Å². The highest BCUT2D eigenvalue weighted by molar-refractivity contribution is 7.89. The fourth-order valence-corrected chi connectivity index (χ4v) is 4.27. The summed E-state index contributed by atoms with van der Waals surface area (Å²) in [7, 11) is -3.68. The number of carbonyl (C=O) groups is 1. The van der Waals surface area contributed by atoms with Gasteiger partial charge < -0.3 is 4.74 Å². The lowest BCUT2D eigenvalue weighted by Crippen LogP contribution is -2.40. The average molecular weight is 357 g/mol. The summed E-state index contributed by atoms with van der Waals surface area (Å²) < 4.78 is 31.5. The molecule has 1 saturated heterocycles. The maximum Gasteiger partial charge on any atom is 0.309 e. The van der Waals surface area contributed by atoms with Crippen LogP contribution < -0.4 is 0 Å². The number of halogens is 1. The third-order valence-electron chi connectivity index (χ3n) is 3.77. The predicted octanol–water partition coefficient (Wildman–Crippen LogP) is 2.18. The smallest absolute Gasteiger partial charge is 0.309 e. The molecule has 0 spiro atoms. The molecular weight excluding hydrogens is 340 g/mol. The molecule has 0 bridgehead atoms. The van der Waals surface area contributed by atoms with Gasteiger partial charge in [-0.3, -0.25) is 4.79 Å². The van der Waals surface area contributed by atoms with E-state index in [4.69, 9.17) is 21.6 Å². The highest BCUT2D eigenvalue weighted by atomic mass is 35.5. The monoisotopic (exact) mass is 356 g/mol. The maximum atomic E-state index is 12.6. The Hall–Kier alpha value is -1.62. The lowest BCUT2D eigenvalue weighted by molar-refractivity contribution is -0.149. The molecule has 1 aromatic carbocycles. The molecule has 2 rings (SSSR count). The number of esters is 1. The summed E-state index contributed by atoms with van der Waals surface area (Å²) in [6.07, 6.45) is 0.865. The molecule has 8 heteroatoms. The molecule has 1 aromatic rings. The number of ether oxygens (including phenoxy) is 1. The highest BCUT2D eigenvalue weighted by Crippen LogP contribution is 2.27. The first-order valence-electron chi connectivity index (χ1n) is 7.26. The molecule has 0 atom stereocenters. The van der Waals surface area contributed by atoms with E-state index in [1.54, 1.807) is 6.92 Å². The van der Waals surface area contributed by atoms with Crippen molar-refractivity contribution in [2.24, 2.45) is 5.92 Å². The topological polar surface area (TPSA) is 87.5 Å². The minimum absolute atomic E-state index is 0.0519. The number of hydrogen-bond acceptors (Lipinski definition) is 5. The number of carbonyl (C=O) groups excluding carboxylic acids is 1. The van der Waals surface area contributed by atoms with Crippen LogP contribution in [0.2, 0.25) is 5.02 Å². The van der Waals surface area contributed by atoms with Crippen LogP contribution in [-0.4, -0.2) is 38.4 Å². The van der Waals surface area contributed by atoms with Crippen molar-refractivity contribution in [3.05, 3.63) is 28.8 Å². The maximum absolute atomic E-state index is 12.6. The van der Waals surface area contributed by atoms with Crippen LogP contribution in [0.4, 0.5) is 0 Å². The van der Waals surface area contributed by atoms with Crippen LogP contribution in [0.15, 0.2) is 23.1 Å². The summed E-state index contributed by atoms with van der Waals surface area (Å²) in [6, 6.07) is 5.94. The summed E-state index contributed by atoms with van der Waals surface area (Å²) >= 11 is 5.91. The molecule has 1 aliphatic rings. The first-order chi connectivity index (χ1) is 10.9. The first-order valence-corrected chi connectivity index (χ1v) is 9.08. The van der Waals surface area contributed by atoms with E-state index in [0.717, 1.165) is 0 Å². The van der Waals surface area contributed by atoms with Gasteiger partial charge in [0.25, 0.3) is 0 Å². The number of sulfonamides is 1. The minimum atomic E-state index is -3.68. The van der Waals surface area contributed by atoms with Crippen molar-refractivity contribution in [1.82, 2.24) is 4.31 Å². The van der Waals surface area contributed by atoms with Gasteiger partial charge in [0.05, 0.1) is 28.0 Å². The Bertz CT molecular complexity index is 734. The summed E-state index contributed by atoms with van der Waals surface area (Å²) in [6.45, 7) is 2.57. The third-order valence-corrected chi connectivity index (χ3v) is 5.98. The number of nitriles is 1. The van der Waals surface area contributed by atoms with Gasteiger partial charge in [-0.2, -0.15) is 9.57 Å². The highest BCUT2D eigenvalue weighted by Gasteiger charge is 2.32. The molecule has 0 saturated carbocycles. The van der Waals surface area contributed by atoms with Gasteiger partial charge in [0.1, 0.15) is 6.07 Å². The molecule has 6 nitrogen and oxygen atoms in total. The van der Waals surface area contributed by atoms with Crippen LogP contribution in [-0.2, 0) is 19.6 Å². The minimum Gasteiger partial charge on any atom is -0.466 e. The molecule has 23 heavy (non-hydrogen) atoms. The fraction of sp³-hybridized carbons (Fsp3) is 0.467. The van der Waals surface area contributed by atoms with Crippen molar-refractivity contribution in [1.29, 1.82) is 5.26 Å². The summed E-state index contributed by atoms with van der Waals surface area (Å²) in [5.41, 5.74) is 0.228. The Morgan fingerprint density at radius 1 is 1.43 bits per heavy atom. The summed E-state index contributed by atoms with van der Waals surface area (Å²) in [4.78, 5) is 11.8. The number of nitrogens with zero attached hydrogens (tertiary/aromatic N) is 2. The van der Waals surface area contributed by atoms with Gasteiger partial charge in [-0.1, -0.05) is 11.6 Å². The van der Waals surface area contributed by atoms with E-state index >= 15 is 0 Å². The summed E-state index contributed by atoms with van der Waals surface area (Å²) in [5.74, 6) is -0.531. The van der Waals surface area contributed by atoms with E-state index in [9.17, 15) is 13.2 Å². The standard InChI is InChI=1S/C15H17ClN2O4S/c1-2-22-15(19)11-5-7-18(8-6-11)23(20,21)13-4-3-12(10-17)14(16)9-13/h3-4,9,11H,2,5-8H2,1H3. The Balaban J connectivity index is 2.12. The zero-order valence-corrected chi connectivity index (χ0v) is 14.2. The molecular formula is C15H17ClN2O4S. The molecule has 0 unspecified atom stereocenters. The van der Waals surface area contributed by atoms with Gasteiger partial charge in [0.2, 0.25) is 10.0 Å². The van der Waals surface area contributed by atoms with Crippen LogP contribution in [0.3, 0.4) is 0 Å².